The van der Waals surface area contributed by atoms with Gasteiger partial charge < -0.3 is 15.6 Å². The van der Waals surface area contributed by atoms with Crippen LogP contribution in [0.5, 0.6) is 0 Å². The fourth-order valence-corrected chi connectivity index (χ4v) is 0.644. The lowest BCUT2D eigenvalue weighted by Gasteiger charge is -2.09. The van der Waals surface area contributed by atoms with E-state index in [-0.39, 0.29) is 12.1 Å². The Kier molecular flexibility index (Phi) is 3.74. The first kappa shape index (κ1) is 10.1. The van der Waals surface area contributed by atoms with E-state index in [2.05, 4.69) is 0 Å². The number of aliphatic hydroxyl groups is 1. The molecular weight excluding hydrogens is 146 g/mol. The Hall–Kier alpha value is -0.900. The molecule has 0 saturated heterocycles. The molecule has 0 saturated carbocycles. The molecule has 1 unspecified atom stereocenters. The summed E-state index contributed by atoms with van der Waals surface area (Å²) in [7, 11) is 0. The van der Waals surface area contributed by atoms with E-state index in [1.807, 2.05) is 0 Å². The predicted molar refractivity (Wildman–Crippen MR) is 40.8 cm³/mol. The number of nitrogens with one attached hydrogen (secondary N) is 1. The Bertz CT molecular complexity index is 165. The van der Waals surface area contributed by atoms with E-state index in [4.69, 9.17) is 15.6 Å². The first-order chi connectivity index (χ1) is 4.95. The second-order valence-electron chi connectivity index (χ2n) is 2.64. The summed E-state index contributed by atoms with van der Waals surface area (Å²) < 4.78 is 0. The third-order valence-corrected chi connectivity index (χ3v) is 1.41. The lowest BCUT2D eigenvalue weighted by molar-refractivity contribution is -0.138. The third kappa shape index (κ3) is 3.72. The first-order valence-corrected chi connectivity index (χ1v) is 3.43. The fourth-order valence-electron chi connectivity index (χ4n) is 0.644. The van der Waals surface area contributed by atoms with Crippen molar-refractivity contribution in [1.29, 1.82) is 5.41 Å². The maximum Gasteiger partial charge on any atom is 0.311 e. The molecule has 0 aliphatic carbocycles. The molecule has 0 aliphatic rings. The molecule has 0 aromatic carbocycles. The zero-order valence-corrected chi connectivity index (χ0v) is 6.66. The largest absolute Gasteiger partial charge is 0.481 e. The van der Waals surface area contributed by atoms with E-state index >= 15 is 0 Å². The van der Waals surface area contributed by atoms with Crippen LogP contribution in [-0.2, 0) is 4.79 Å². The van der Waals surface area contributed by atoms with Crippen LogP contribution in [-0.4, -0.2) is 28.0 Å². The van der Waals surface area contributed by atoms with Crippen molar-refractivity contribution >= 4 is 11.7 Å². The van der Waals surface area contributed by atoms with Gasteiger partial charge in [0.25, 0.3) is 0 Å². The minimum absolute atomic E-state index is 0.0625. The molecule has 0 rings (SSSR count). The van der Waals surface area contributed by atoms with Crippen molar-refractivity contribution in [3.8, 4) is 0 Å². The standard InChI is InChI=1S/C7H13NO3/c1-4(9)3-6(8)5(2)7(10)11/h4-5,8-9H,3H2,1-2H3,(H,10,11)/t4?,5-/m0/s1. The van der Waals surface area contributed by atoms with E-state index in [9.17, 15) is 4.79 Å². The average molecular weight is 159 g/mol. The molecule has 0 aliphatic heterocycles. The zero-order valence-electron chi connectivity index (χ0n) is 6.66. The quantitative estimate of drug-likeness (QED) is 0.522. The van der Waals surface area contributed by atoms with Gasteiger partial charge in [-0.1, -0.05) is 0 Å². The molecule has 0 bridgehead atoms. The molecule has 4 heteroatoms. The van der Waals surface area contributed by atoms with Gasteiger partial charge in [-0.2, -0.15) is 0 Å². The van der Waals surface area contributed by atoms with Gasteiger partial charge in [-0.15, -0.1) is 0 Å². The van der Waals surface area contributed by atoms with Gasteiger partial charge in [0.2, 0.25) is 0 Å². The van der Waals surface area contributed by atoms with Gasteiger partial charge >= 0.3 is 5.97 Å². The highest BCUT2D eigenvalue weighted by Crippen LogP contribution is 2.03. The molecule has 0 amide bonds. The maximum absolute atomic E-state index is 10.3. The van der Waals surface area contributed by atoms with Crippen LogP contribution in [0.1, 0.15) is 20.3 Å². The SMILES string of the molecule is CC(O)CC(=N)[C@H](C)C(=O)O. The van der Waals surface area contributed by atoms with Crippen LogP contribution in [0.3, 0.4) is 0 Å². The monoisotopic (exact) mass is 159 g/mol. The number of carboxylic acids is 1. The number of hydrogen-bond donors (Lipinski definition) is 3. The zero-order chi connectivity index (χ0) is 9.02. The average Bonchev–Trinajstić information content (AvgIpc) is 1.84. The molecule has 0 heterocycles. The number of aliphatic hydroxyl groups excluding tert-OH is 1. The number of hydrogen-bond acceptors (Lipinski definition) is 3. The summed E-state index contributed by atoms with van der Waals surface area (Å²) >= 11 is 0. The summed E-state index contributed by atoms with van der Waals surface area (Å²) in [4.78, 5) is 10.3. The number of carboxylic acid groups (broad SMARTS) is 1. The highest BCUT2D eigenvalue weighted by atomic mass is 16.4. The van der Waals surface area contributed by atoms with E-state index in [0.29, 0.717) is 0 Å². The van der Waals surface area contributed by atoms with Crippen LogP contribution in [0.15, 0.2) is 0 Å². The van der Waals surface area contributed by atoms with Crippen molar-refractivity contribution < 1.29 is 15.0 Å². The summed E-state index contributed by atoms with van der Waals surface area (Å²) in [5.74, 6) is -1.81. The number of rotatable bonds is 4. The van der Waals surface area contributed by atoms with Crippen LogP contribution in [0.2, 0.25) is 0 Å². The van der Waals surface area contributed by atoms with Gasteiger partial charge in [0.1, 0.15) is 0 Å². The molecular formula is C7H13NO3. The summed E-state index contributed by atoms with van der Waals surface area (Å²) in [6, 6.07) is 0. The Balaban J connectivity index is 3.93. The smallest absolute Gasteiger partial charge is 0.311 e. The molecule has 4 nitrogen and oxygen atoms in total. The Morgan fingerprint density at radius 1 is 1.55 bits per heavy atom. The molecule has 0 radical (unpaired) electrons. The van der Waals surface area contributed by atoms with E-state index in [1.165, 1.54) is 13.8 Å². The minimum Gasteiger partial charge on any atom is -0.481 e. The Labute approximate surface area is 65.4 Å². The van der Waals surface area contributed by atoms with Crippen LogP contribution in [0.4, 0.5) is 0 Å². The molecule has 0 spiro atoms. The highest BCUT2D eigenvalue weighted by molar-refractivity contribution is 5.99. The topological polar surface area (TPSA) is 81.4 Å². The predicted octanol–water partition coefficient (Wildman–Crippen LogP) is 0.498. The van der Waals surface area contributed by atoms with E-state index in [0.717, 1.165) is 0 Å². The third-order valence-electron chi connectivity index (χ3n) is 1.41. The molecule has 0 aromatic heterocycles. The van der Waals surface area contributed by atoms with Gasteiger partial charge in [-0.25, -0.2) is 0 Å². The maximum atomic E-state index is 10.3. The number of aliphatic carboxylic acids is 1. The van der Waals surface area contributed by atoms with Crippen LogP contribution < -0.4 is 0 Å². The van der Waals surface area contributed by atoms with Crippen molar-refractivity contribution in [2.24, 2.45) is 5.92 Å². The Morgan fingerprint density at radius 3 is 2.27 bits per heavy atom. The first-order valence-electron chi connectivity index (χ1n) is 3.43. The van der Waals surface area contributed by atoms with Crippen LogP contribution in [0, 0.1) is 11.3 Å². The summed E-state index contributed by atoms with van der Waals surface area (Å²) in [5, 5.41) is 24.5. The second kappa shape index (κ2) is 4.08. The van der Waals surface area contributed by atoms with Crippen molar-refractivity contribution in [3.05, 3.63) is 0 Å². The molecule has 0 aromatic rings. The van der Waals surface area contributed by atoms with Crippen molar-refractivity contribution in [1.82, 2.24) is 0 Å². The van der Waals surface area contributed by atoms with Gasteiger partial charge in [-0.05, 0) is 13.8 Å². The molecule has 3 N–H and O–H groups in total. The molecule has 64 valence electrons. The van der Waals surface area contributed by atoms with Gasteiger partial charge in [0, 0.05) is 12.1 Å². The minimum atomic E-state index is -1.02. The van der Waals surface area contributed by atoms with Crippen LogP contribution >= 0.6 is 0 Å². The highest BCUT2D eigenvalue weighted by Gasteiger charge is 2.17. The summed E-state index contributed by atoms with van der Waals surface area (Å²) in [6.45, 7) is 2.97. The normalized spacial score (nSPS) is 15.5. The summed E-state index contributed by atoms with van der Waals surface area (Å²) in [6.07, 6.45) is -0.503. The van der Waals surface area contributed by atoms with Crippen LogP contribution in [0.25, 0.3) is 0 Å². The van der Waals surface area contributed by atoms with Gasteiger partial charge in [0.15, 0.2) is 0 Å². The lowest BCUT2D eigenvalue weighted by Crippen LogP contribution is -2.22. The fraction of sp³-hybridized carbons (Fsp3) is 0.714. The number of carbonyl (C=O) groups is 1. The van der Waals surface area contributed by atoms with Gasteiger partial charge in [0.05, 0.1) is 12.0 Å². The molecule has 11 heavy (non-hydrogen) atoms. The van der Waals surface area contributed by atoms with Crippen molar-refractivity contribution in [2.75, 3.05) is 0 Å². The molecule has 0 fully saturated rings. The Morgan fingerprint density at radius 2 is 2.00 bits per heavy atom. The summed E-state index contributed by atoms with van der Waals surface area (Å²) in [5.41, 5.74) is 0.0625. The molecule has 2 atom stereocenters. The van der Waals surface area contributed by atoms with Gasteiger partial charge in [-0.3, -0.25) is 4.79 Å². The van der Waals surface area contributed by atoms with E-state index < -0.39 is 18.0 Å². The van der Waals surface area contributed by atoms with E-state index in [1.54, 1.807) is 0 Å². The van der Waals surface area contributed by atoms with Crippen molar-refractivity contribution in [2.45, 2.75) is 26.4 Å². The second-order valence-corrected chi connectivity index (χ2v) is 2.64. The van der Waals surface area contributed by atoms with Crippen molar-refractivity contribution in [3.63, 3.8) is 0 Å². The lowest BCUT2D eigenvalue weighted by atomic mass is 10.0.